The molecule has 4 nitrogen and oxygen atoms in total. The molecule has 0 amide bonds. The van der Waals surface area contributed by atoms with Crippen LogP contribution in [0.15, 0.2) is 35.1 Å². The maximum atomic E-state index is 5.95. The number of hydrogen-bond acceptors (Lipinski definition) is 4. The van der Waals surface area contributed by atoms with Crippen molar-refractivity contribution in [2.75, 3.05) is 13.1 Å². The largest absolute Gasteiger partial charge is 0.446 e. The highest BCUT2D eigenvalue weighted by Crippen LogP contribution is 2.28. The van der Waals surface area contributed by atoms with Crippen molar-refractivity contribution in [2.45, 2.75) is 39.8 Å². The topological polar surface area (TPSA) is 55.3 Å². The molecule has 1 aliphatic heterocycles. The summed E-state index contributed by atoms with van der Waals surface area (Å²) in [5.74, 6) is 0.905. The zero-order valence-electron chi connectivity index (χ0n) is 13.2. The van der Waals surface area contributed by atoms with Crippen LogP contribution in [0.4, 0.5) is 0 Å². The molecule has 114 valence electrons. The van der Waals surface area contributed by atoms with Crippen LogP contribution in [0.3, 0.4) is 0 Å². The summed E-state index contributed by atoms with van der Waals surface area (Å²) < 4.78 is 5.53. The fourth-order valence-electron chi connectivity index (χ4n) is 2.84. The molecule has 2 N–H and O–H groups in total. The predicted octanol–water partition coefficient (Wildman–Crippen LogP) is 3.07. The van der Waals surface area contributed by atoms with Crippen LogP contribution in [0, 0.1) is 6.92 Å². The van der Waals surface area contributed by atoms with Crippen LogP contribution < -0.4 is 5.73 Å². The average molecular weight is 287 g/mol. The van der Waals surface area contributed by atoms with E-state index in [-0.39, 0.29) is 6.04 Å². The third kappa shape index (κ3) is 3.34. The SMILES string of the molecule is CC.Cc1ncoc1C(CN)N1CCc2ccccc2C1. The van der Waals surface area contributed by atoms with Gasteiger partial charge in [0.25, 0.3) is 0 Å². The summed E-state index contributed by atoms with van der Waals surface area (Å²) >= 11 is 0. The Morgan fingerprint density at radius 1 is 1.29 bits per heavy atom. The molecular weight excluding hydrogens is 262 g/mol. The molecule has 0 fully saturated rings. The third-order valence-corrected chi connectivity index (χ3v) is 3.91. The van der Waals surface area contributed by atoms with Crippen LogP contribution >= 0.6 is 0 Å². The number of oxazole rings is 1. The molecule has 1 unspecified atom stereocenters. The van der Waals surface area contributed by atoms with Crippen LogP contribution in [0.5, 0.6) is 0 Å². The Kier molecular flexibility index (Phi) is 5.53. The van der Waals surface area contributed by atoms with E-state index in [0.29, 0.717) is 6.54 Å². The van der Waals surface area contributed by atoms with Gasteiger partial charge in [0.2, 0.25) is 0 Å². The lowest BCUT2D eigenvalue weighted by molar-refractivity contribution is 0.162. The van der Waals surface area contributed by atoms with Gasteiger partial charge in [0, 0.05) is 19.6 Å². The maximum absolute atomic E-state index is 5.95. The fraction of sp³-hybridized carbons (Fsp3) is 0.471. The van der Waals surface area contributed by atoms with Crippen molar-refractivity contribution < 1.29 is 4.42 Å². The van der Waals surface area contributed by atoms with Gasteiger partial charge in [-0.15, -0.1) is 0 Å². The highest BCUT2D eigenvalue weighted by molar-refractivity contribution is 5.29. The zero-order chi connectivity index (χ0) is 15.2. The van der Waals surface area contributed by atoms with Gasteiger partial charge >= 0.3 is 0 Å². The van der Waals surface area contributed by atoms with Crippen LogP contribution in [0.2, 0.25) is 0 Å². The number of fused-ring (bicyclic) bond motifs is 1. The van der Waals surface area contributed by atoms with Crippen LogP contribution in [-0.4, -0.2) is 23.0 Å². The molecule has 0 spiro atoms. The van der Waals surface area contributed by atoms with Crippen molar-refractivity contribution >= 4 is 0 Å². The van der Waals surface area contributed by atoms with E-state index in [9.17, 15) is 0 Å². The van der Waals surface area contributed by atoms with Crippen molar-refractivity contribution in [1.29, 1.82) is 0 Å². The minimum absolute atomic E-state index is 0.121. The molecule has 0 aliphatic carbocycles. The molecule has 1 atom stereocenters. The lowest BCUT2D eigenvalue weighted by atomic mass is 9.98. The number of benzene rings is 1. The van der Waals surface area contributed by atoms with E-state index in [1.54, 1.807) is 0 Å². The van der Waals surface area contributed by atoms with E-state index in [0.717, 1.165) is 31.0 Å². The van der Waals surface area contributed by atoms with Crippen LogP contribution in [0.1, 0.15) is 42.5 Å². The van der Waals surface area contributed by atoms with Crippen LogP contribution in [-0.2, 0) is 13.0 Å². The van der Waals surface area contributed by atoms with Crippen molar-refractivity contribution in [1.82, 2.24) is 9.88 Å². The zero-order valence-corrected chi connectivity index (χ0v) is 13.2. The number of nitrogens with zero attached hydrogens (tertiary/aromatic N) is 2. The third-order valence-electron chi connectivity index (χ3n) is 3.91. The predicted molar refractivity (Wildman–Crippen MR) is 84.9 cm³/mol. The van der Waals surface area contributed by atoms with Gasteiger partial charge in [-0.3, -0.25) is 4.90 Å². The molecule has 0 saturated heterocycles. The van der Waals surface area contributed by atoms with Gasteiger partial charge in [0.05, 0.1) is 11.7 Å². The number of rotatable bonds is 3. The first-order chi connectivity index (χ1) is 10.3. The second-order valence-corrected chi connectivity index (χ2v) is 5.04. The fourth-order valence-corrected chi connectivity index (χ4v) is 2.84. The summed E-state index contributed by atoms with van der Waals surface area (Å²) in [6.07, 6.45) is 2.57. The number of aryl methyl sites for hydroxylation is 1. The van der Waals surface area contributed by atoms with Crippen LogP contribution in [0.25, 0.3) is 0 Å². The number of aromatic nitrogens is 1. The second kappa shape index (κ2) is 7.38. The highest BCUT2D eigenvalue weighted by atomic mass is 16.3. The minimum Gasteiger partial charge on any atom is -0.446 e. The summed E-state index contributed by atoms with van der Waals surface area (Å²) in [7, 11) is 0. The molecule has 1 aromatic carbocycles. The molecule has 0 saturated carbocycles. The van der Waals surface area contributed by atoms with E-state index in [1.807, 2.05) is 20.8 Å². The smallest absolute Gasteiger partial charge is 0.181 e. The Morgan fingerprint density at radius 3 is 2.62 bits per heavy atom. The standard InChI is InChI=1S/C15H19N3O.C2H6/c1-11-15(19-10-17-11)14(8-16)18-7-6-12-4-2-3-5-13(12)9-18;1-2/h2-5,10,14H,6-9,16H2,1H3;1-2H3. The summed E-state index contributed by atoms with van der Waals surface area (Å²) in [4.78, 5) is 6.56. The Labute approximate surface area is 127 Å². The summed E-state index contributed by atoms with van der Waals surface area (Å²) in [5.41, 5.74) is 9.73. The number of nitrogens with two attached hydrogens (primary N) is 1. The van der Waals surface area contributed by atoms with Gasteiger partial charge in [0.1, 0.15) is 5.76 Å². The average Bonchev–Trinajstić information content (AvgIpc) is 2.96. The van der Waals surface area contributed by atoms with Gasteiger partial charge in [-0.25, -0.2) is 4.98 Å². The van der Waals surface area contributed by atoms with Crippen molar-refractivity contribution in [3.8, 4) is 0 Å². The Balaban J connectivity index is 0.000000774. The van der Waals surface area contributed by atoms with Gasteiger partial charge in [0.15, 0.2) is 6.39 Å². The van der Waals surface area contributed by atoms with E-state index in [2.05, 4.69) is 34.1 Å². The Bertz CT molecular complexity index is 565. The first-order valence-corrected chi connectivity index (χ1v) is 7.70. The van der Waals surface area contributed by atoms with Crippen molar-refractivity contribution in [2.24, 2.45) is 5.73 Å². The molecular formula is C17H25N3O. The molecule has 0 radical (unpaired) electrons. The Hall–Kier alpha value is -1.65. The maximum Gasteiger partial charge on any atom is 0.181 e. The lowest BCUT2D eigenvalue weighted by Gasteiger charge is -2.34. The summed E-state index contributed by atoms with van der Waals surface area (Å²) in [6.45, 7) is 8.47. The first-order valence-electron chi connectivity index (χ1n) is 7.70. The van der Waals surface area contributed by atoms with E-state index < -0.39 is 0 Å². The quantitative estimate of drug-likeness (QED) is 0.942. The molecule has 21 heavy (non-hydrogen) atoms. The molecule has 2 aromatic rings. The minimum atomic E-state index is 0.121. The molecule has 1 aromatic heterocycles. The van der Waals surface area contributed by atoms with Gasteiger partial charge in [-0.05, 0) is 24.5 Å². The number of hydrogen-bond donors (Lipinski definition) is 1. The van der Waals surface area contributed by atoms with E-state index in [1.165, 1.54) is 17.5 Å². The van der Waals surface area contributed by atoms with E-state index in [4.69, 9.17) is 10.2 Å². The molecule has 4 heteroatoms. The first kappa shape index (κ1) is 15.7. The molecule has 3 rings (SSSR count). The second-order valence-electron chi connectivity index (χ2n) is 5.04. The molecule has 2 heterocycles. The summed E-state index contributed by atoms with van der Waals surface area (Å²) in [6, 6.07) is 8.73. The molecule has 0 bridgehead atoms. The van der Waals surface area contributed by atoms with Crippen molar-refractivity contribution in [3.63, 3.8) is 0 Å². The normalized spacial score (nSPS) is 15.8. The highest BCUT2D eigenvalue weighted by Gasteiger charge is 2.27. The Morgan fingerprint density at radius 2 is 2.00 bits per heavy atom. The lowest BCUT2D eigenvalue weighted by Crippen LogP contribution is -2.37. The van der Waals surface area contributed by atoms with Gasteiger partial charge in [-0.2, -0.15) is 0 Å². The van der Waals surface area contributed by atoms with E-state index >= 15 is 0 Å². The van der Waals surface area contributed by atoms with Gasteiger partial charge in [-0.1, -0.05) is 38.1 Å². The summed E-state index contributed by atoms with van der Waals surface area (Å²) in [5, 5.41) is 0. The van der Waals surface area contributed by atoms with Crippen molar-refractivity contribution in [3.05, 3.63) is 53.2 Å². The monoisotopic (exact) mass is 287 g/mol. The van der Waals surface area contributed by atoms with Gasteiger partial charge < -0.3 is 10.2 Å². The molecule has 1 aliphatic rings.